The number of anilines is 1. The van der Waals surface area contributed by atoms with Gasteiger partial charge >= 0.3 is 0 Å². The van der Waals surface area contributed by atoms with Gasteiger partial charge in [-0.25, -0.2) is 0 Å². The molecule has 1 aliphatic heterocycles. The molecule has 0 spiro atoms. The fraction of sp³-hybridized carbons (Fsp3) is 0.385. The fourth-order valence-corrected chi connectivity index (χ4v) is 1.93. The van der Waals surface area contributed by atoms with Crippen LogP contribution >= 0.6 is 0 Å². The summed E-state index contributed by atoms with van der Waals surface area (Å²) in [5.41, 5.74) is 3.25. The van der Waals surface area contributed by atoms with Gasteiger partial charge in [0.15, 0.2) is 0 Å². The van der Waals surface area contributed by atoms with Gasteiger partial charge in [0.2, 0.25) is 0 Å². The van der Waals surface area contributed by atoms with Crippen molar-refractivity contribution in [2.45, 2.75) is 32.0 Å². The molecule has 3 nitrogen and oxygen atoms in total. The van der Waals surface area contributed by atoms with Crippen molar-refractivity contribution in [3.05, 3.63) is 42.1 Å². The molecule has 0 saturated heterocycles. The highest BCUT2D eigenvalue weighted by atomic mass is 16.3. The Hall–Kier alpha value is -1.48. The van der Waals surface area contributed by atoms with E-state index in [9.17, 15) is 5.11 Å². The highest BCUT2D eigenvalue weighted by Crippen LogP contribution is 2.26. The molecule has 3 N–H and O–H groups in total. The number of rotatable bonds is 4. The van der Waals surface area contributed by atoms with Gasteiger partial charge in [-0.3, -0.25) is 0 Å². The van der Waals surface area contributed by atoms with Crippen molar-refractivity contribution >= 4 is 5.69 Å². The third-order valence-corrected chi connectivity index (χ3v) is 2.96. The van der Waals surface area contributed by atoms with Gasteiger partial charge in [0.05, 0.1) is 6.04 Å². The van der Waals surface area contributed by atoms with E-state index in [0.717, 1.165) is 24.2 Å². The number of nitrogens with one attached hydrogen (secondary N) is 2. The molecule has 2 rings (SSSR count). The van der Waals surface area contributed by atoms with E-state index in [1.807, 2.05) is 25.1 Å². The summed E-state index contributed by atoms with van der Waals surface area (Å²) in [5, 5.41) is 16.3. The van der Waals surface area contributed by atoms with E-state index >= 15 is 0 Å². The summed E-state index contributed by atoms with van der Waals surface area (Å²) in [5.74, 6) is 0. The number of aliphatic hydroxyl groups excluding tert-OH is 1. The standard InChI is InChI=1S/C13H18N2O/c1-3-9(2)14-13(16)12-8-10-6-4-5-7-11(10)15-12/h4-7,12-16H,2-3,8H2,1H3/t12-,13?/m0/s1. The van der Waals surface area contributed by atoms with Crippen LogP contribution in [0, 0.1) is 0 Å². The van der Waals surface area contributed by atoms with Crippen molar-refractivity contribution in [3.63, 3.8) is 0 Å². The maximum atomic E-state index is 9.99. The Morgan fingerprint density at radius 1 is 1.62 bits per heavy atom. The Kier molecular flexibility index (Phi) is 3.15. The van der Waals surface area contributed by atoms with Gasteiger partial charge in [-0.15, -0.1) is 0 Å². The molecule has 1 unspecified atom stereocenters. The first kappa shape index (κ1) is 11.0. The second kappa shape index (κ2) is 4.58. The van der Waals surface area contributed by atoms with E-state index in [1.165, 1.54) is 5.56 Å². The van der Waals surface area contributed by atoms with Gasteiger partial charge in [0, 0.05) is 11.4 Å². The SMILES string of the molecule is C=C(CC)NC(O)[C@@H]1Cc2ccccc2N1. The molecular formula is C13H18N2O. The minimum absolute atomic E-state index is 0.0284. The summed E-state index contributed by atoms with van der Waals surface area (Å²) in [7, 11) is 0. The maximum Gasteiger partial charge on any atom is 0.144 e. The molecule has 86 valence electrons. The van der Waals surface area contributed by atoms with Crippen molar-refractivity contribution in [1.29, 1.82) is 0 Å². The smallest absolute Gasteiger partial charge is 0.144 e. The molecule has 2 atom stereocenters. The van der Waals surface area contributed by atoms with Gasteiger partial charge in [-0.05, 0) is 24.5 Å². The summed E-state index contributed by atoms with van der Waals surface area (Å²) in [6, 6.07) is 8.17. The van der Waals surface area contributed by atoms with Crippen LogP contribution in [-0.4, -0.2) is 17.4 Å². The lowest BCUT2D eigenvalue weighted by molar-refractivity contribution is 0.128. The van der Waals surface area contributed by atoms with Crippen LogP contribution in [0.4, 0.5) is 5.69 Å². The largest absolute Gasteiger partial charge is 0.377 e. The normalized spacial score (nSPS) is 19.8. The molecule has 0 amide bonds. The molecule has 0 aromatic heterocycles. The van der Waals surface area contributed by atoms with E-state index in [0.29, 0.717) is 0 Å². The van der Waals surface area contributed by atoms with Crippen LogP contribution in [0.3, 0.4) is 0 Å². The quantitative estimate of drug-likeness (QED) is 0.676. The highest BCUT2D eigenvalue weighted by molar-refractivity contribution is 5.56. The Bertz CT molecular complexity index is 364. The predicted molar refractivity (Wildman–Crippen MR) is 66.1 cm³/mol. The number of allylic oxidation sites excluding steroid dienone is 1. The Labute approximate surface area is 96.2 Å². The average Bonchev–Trinajstić information content (AvgIpc) is 2.72. The lowest BCUT2D eigenvalue weighted by atomic mass is 10.1. The topological polar surface area (TPSA) is 44.3 Å². The van der Waals surface area contributed by atoms with Gasteiger partial charge in [-0.2, -0.15) is 0 Å². The number of benzene rings is 1. The van der Waals surface area contributed by atoms with Crippen LogP contribution in [-0.2, 0) is 6.42 Å². The van der Waals surface area contributed by atoms with Crippen LogP contribution < -0.4 is 10.6 Å². The molecule has 1 aliphatic rings. The lowest BCUT2D eigenvalue weighted by Crippen LogP contribution is -2.42. The van der Waals surface area contributed by atoms with E-state index < -0.39 is 6.23 Å². The number of hydrogen-bond donors (Lipinski definition) is 3. The Balaban J connectivity index is 1.98. The van der Waals surface area contributed by atoms with Crippen molar-refractivity contribution in [3.8, 4) is 0 Å². The second-order valence-corrected chi connectivity index (χ2v) is 4.16. The lowest BCUT2D eigenvalue weighted by Gasteiger charge is -2.21. The zero-order chi connectivity index (χ0) is 11.5. The molecular weight excluding hydrogens is 200 g/mol. The first-order valence-electron chi connectivity index (χ1n) is 5.67. The van der Waals surface area contributed by atoms with Gasteiger partial charge < -0.3 is 15.7 Å². The summed E-state index contributed by atoms with van der Waals surface area (Å²) in [6.07, 6.45) is 1.10. The van der Waals surface area contributed by atoms with Crippen molar-refractivity contribution in [1.82, 2.24) is 5.32 Å². The van der Waals surface area contributed by atoms with E-state index in [-0.39, 0.29) is 6.04 Å². The summed E-state index contributed by atoms with van der Waals surface area (Å²) in [6.45, 7) is 5.85. The maximum absolute atomic E-state index is 9.99. The van der Waals surface area contributed by atoms with Crippen LogP contribution in [0.15, 0.2) is 36.5 Å². The molecule has 1 aromatic rings. The molecule has 0 aliphatic carbocycles. The summed E-state index contributed by atoms with van der Waals surface area (Å²) < 4.78 is 0. The van der Waals surface area contributed by atoms with Gasteiger partial charge in [0.25, 0.3) is 0 Å². The van der Waals surface area contributed by atoms with Crippen molar-refractivity contribution < 1.29 is 5.11 Å². The zero-order valence-corrected chi connectivity index (χ0v) is 9.53. The average molecular weight is 218 g/mol. The highest BCUT2D eigenvalue weighted by Gasteiger charge is 2.26. The third kappa shape index (κ3) is 2.19. The molecule has 3 heteroatoms. The number of aliphatic hydroxyl groups is 1. The van der Waals surface area contributed by atoms with Gasteiger partial charge in [-0.1, -0.05) is 31.7 Å². The van der Waals surface area contributed by atoms with Crippen LogP contribution in [0.1, 0.15) is 18.9 Å². The number of fused-ring (bicyclic) bond motifs is 1. The molecule has 0 saturated carbocycles. The first-order valence-corrected chi connectivity index (χ1v) is 5.67. The minimum Gasteiger partial charge on any atom is -0.377 e. The van der Waals surface area contributed by atoms with E-state index in [1.54, 1.807) is 0 Å². The molecule has 0 bridgehead atoms. The number of para-hydroxylation sites is 1. The van der Waals surface area contributed by atoms with Crippen LogP contribution in [0.25, 0.3) is 0 Å². The monoisotopic (exact) mass is 218 g/mol. The molecule has 0 fully saturated rings. The van der Waals surface area contributed by atoms with E-state index in [2.05, 4.69) is 23.3 Å². The summed E-state index contributed by atoms with van der Waals surface area (Å²) in [4.78, 5) is 0. The first-order chi connectivity index (χ1) is 7.70. The minimum atomic E-state index is -0.583. The van der Waals surface area contributed by atoms with Crippen molar-refractivity contribution in [2.75, 3.05) is 5.32 Å². The van der Waals surface area contributed by atoms with Gasteiger partial charge in [0.1, 0.15) is 6.23 Å². The third-order valence-electron chi connectivity index (χ3n) is 2.96. The fourth-order valence-electron chi connectivity index (χ4n) is 1.93. The predicted octanol–water partition coefficient (Wildman–Crippen LogP) is 1.85. The van der Waals surface area contributed by atoms with Crippen LogP contribution in [0.2, 0.25) is 0 Å². The Morgan fingerprint density at radius 2 is 2.38 bits per heavy atom. The van der Waals surface area contributed by atoms with Crippen LogP contribution in [0.5, 0.6) is 0 Å². The summed E-state index contributed by atoms with van der Waals surface area (Å²) >= 11 is 0. The molecule has 16 heavy (non-hydrogen) atoms. The molecule has 1 heterocycles. The number of hydrogen-bond acceptors (Lipinski definition) is 3. The zero-order valence-electron chi connectivity index (χ0n) is 9.53. The van der Waals surface area contributed by atoms with Crippen molar-refractivity contribution in [2.24, 2.45) is 0 Å². The Morgan fingerprint density at radius 3 is 3.06 bits per heavy atom. The molecule has 0 radical (unpaired) electrons. The van der Waals surface area contributed by atoms with E-state index in [4.69, 9.17) is 0 Å². The molecule has 1 aromatic carbocycles. The second-order valence-electron chi connectivity index (χ2n) is 4.16.